The van der Waals surface area contributed by atoms with E-state index in [1.165, 1.54) is 0 Å². The number of hydrogen-bond donors (Lipinski definition) is 3. The molecule has 0 bridgehead atoms. The van der Waals surface area contributed by atoms with Gasteiger partial charge in [0.15, 0.2) is 11.5 Å². The second-order valence-electron chi connectivity index (χ2n) is 4.77. The number of nitrogens with two attached hydrogens (primary N) is 1. The summed E-state index contributed by atoms with van der Waals surface area (Å²) < 4.78 is 11.1. The second kappa shape index (κ2) is 6.75. The Kier molecular flexibility index (Phi) is 5.01. The average Bonchev–Trinajstić information content (AvgIpc) is 2.44. The van der Waals surface area contributed by atoms with Gasteiger partial charge in [0.25, 0.3) is 0 Å². The molecule has 0 spiro atoms. The lowest BCUT2D eigenvalue weighted by atomic mass is 10.0. The summed E-state index contributed by atoms with van der Waals surface area (Å²) in [6, 6.07) is 6.17. The fraction of sp³-hybridized carbons (Fsp3) is 0.571. The third kappa shape index (κ3) is 3.59. The van der Waals surface area contributed by atoms with Crippen LogP contribution >= 0.6 is 0 Å². The molecule has 1 aromatic rings. The van der Waals surface area contributed by atoms with Gasteiger partial charge < -0.3 is 25.6 Å². The van der Waals surface area contributed by atoms with Gasteiger partial charge in [0, 0.05) is 25.2 Å². The molecule has 0 amide bonds. The molecule has 0 radical (unpaired) electrons. The lowest BCUT2D eigenvalue weighted by molar-refractivity contribution is 0.171. The van der Waals surface area contributed by atoms with Crippen LogP contribution in [0, 0.1) is 0 Å². The number of fused-ring (bicyclic) bond motifs is 1. The number of ether oxygens (including phenoxy) is 2. The molecule has 2 rings (SSSR count). The number of hydrogen-bond acceptors (Lipinski definition) is 5. The molecule has 0 aromatic heterocycles. The van der Waals surface area contributed by atoms with Crippen LogP contribution in [0.15, 0.2) is 18.2 Å². The lowest BCUT2D eigenvalue weighted by Crippen LogP contribution is -2.35. The minimum atomic E-state index is 0.0531. The van der Waals surface area contributed by atoms with Crippen LogP contribution in [0.1, 0.15) is 24.9 Å². The van der Waals surface area contributed by atoms with Crippen LogP contribution in [0.4, 0.5) is 0 Å². The summed E-state index contributed by atoms with van der Waals surface area (Å²) in [5, 5.41) is 12.4. The Bertz CT molecular complexity index is 412. The van der Waals surface area contributed by atoms with E-state index in [4.69, 9.17) is 20.3 Å². The SMILES string of the molecule is CC(CCO)NC(CN)c1ccc2c(c1)OCCO2. The topological polar surface area (TPSA) is 76.7 Å². The summed E-state index contributed by atoms with van der Waals surface area (Å²) >= 11 is 0. The highest BCUT2D eigenvalue weighted by molar-refractivity contribution is 5.44. The summed E-state index contributed by atoms with van der Waals surface area (Å²) in [6.07, 6.45) is 0.709. The first-order valence-electron chi connectivity index (χ1n) is 6.71. The minimum absolute atomic E-state index is 0.0531. The van der Waals surface area contributed by atoms with Crippen molar-refractivity contribution in [2.75, 3.05) is 26.4 Å². The van der Waals surface area contributed by atoms with Crippen LogP contribution in [0.3, 0.4) is 0 Å². The summed E-state index contributed by atoms with van der Waals surface area (Å²) in [5.74, 6) is 1.56. The van der Waals surface area contributed by atoms with Crippen molar-refractivity contribution in [1.29, 1.82) is 0 Å². The van der Waals surface area contributed by atoms with Crippen molar-refractivity contribution in [2.45, 2.75) is 25.4 Å². The minimum Gasteiger partial charge on any atom is -0.486 e. The number of aliphatic hydroxyl groups is 1. The second-order valence-corrected chi connectivity index (χ2v) is 4.77. The first-order chi connectivity index (χ1) is 9.24. The fourth-order valence-electron chi connectivity index (χ4n) is 2.20. The summed E-state index contributed by atoms with van der Waals surface area (Å²) in [6.45, 7) is 3.88. The van der Waals surface area contributed by atoms with E-state index in [2.05, 4.69) is 5.32 Å². The van der Waals surface area contributed by atoms with Crippen LogP contribution in [0.5, 0.6) is 11.5 Å². The molecular weight excluding hydrogens is 244 g/mol. The highest BCUT2D eigenvalue weighted by Gasteiger charge is 2.17. The molecule has 0 fully saturated rings. The van der Waals surface area contributed by atoms with Gasteiger partial charge in [-0.05, 0) is 31.0 Å². The van der Waals surface area contributed by atoms with Crippen molar-refractivity contribution >= 4 is 0 Å². The van der Waals surface area contributed by atoms with Gasteiger partial charge in [-0.2, -0.15) is 0 Å². The van der Waals surface area contributed by atoms with Gasteiger partial charge in [0.05, 0.1) is 0 Å². The Labute approximate surface area is 113 Å². The van der Waals surface area contributed by atoms with Crippen LogP contribution < -0.4 is 20.5 Å². The van der Waals surface area contributed by atoms with Crippen molar-refractivity contribution in [3.05, 3.63) is 23.8 Å². The first-order valence-corrected chi connectivity index (χ1v) is 6.71. The van der Waals surface area contributed by atoms with Crippen molar-refractivity contribution in [3.8, 4) is 11.5 Å². The van der Waals surface area contributed by atoms with Gasteiger partial charge in [-0.25, -0.2) is 0 Å². The van der Waals surface area contributed by atoms with E-state index in [0.717, 1.165) is 17.1 Å². The fourth-order valence-corrected chi connectivity index (χ4v) is 2.20. The Morgan fingerprint density at radius 2 is 2.05 bits per heavy atom. The summed E-state index contributed by atoms with van der Waals surface area (Å²) in [7, 11) is 0. The maximum absolute atomic E-state index is 8.94. The van der Waals surface area contributed by atoms with Gasteiger partial charge in [-0.1, -0.05) is 6.07 Å². The van der Waals surface area contributed by atoms with Gasteiger partial charge in [-0.15, -0.1) is 0 Å². The zero-order chi connectivity index (χ0) is 13.7. The summed E-state index contributed by atoms with van der Waals surface area (Å²) in [5.41, 5.74) is 6.91. The third-order valence-electron chi connectivity index (χ3n) is 3.25. The van der Waals surface area contributed by atoms with Gasteiger partial charge in [0.1, 0.15) is 13.2 Å². The molecule has 1 aliphatic rings. The highest BCUT2D eigenvalue weighted by atomic mass is 16.6. The van der Waals surface area contributed by atoms with Crippen LogP contribution in [-0.4, -0.2) is 37.5 Å². The Morgan fingerprint density at radius 1 is 1.32 bits per heavy atom. The third-order valence-corrected chi connectivity index (χ3v) is 3.25. The van der Waals surface area contributed by atoms with E-state index in [9.17, 15) is 0 Å². The molecular formula is C14H22N2O3. The summed E-state index contributed by atoms with van der Waals surface area (Å²) in [4.78, 5) is 0. The van der Waals surface area contributed by atoms with E-state index < -0.39 is 0 Å². The molecule has 0 aliphatic carbocycles. The van der Waals surface area contributed by atoms with E-state index in [-0.39, 0.29) is 18.7 Å². The van der Waals surface area contributed by atoms with Crippen molar-refractivity contribution in [1.82, 2.24) is 5.32 Å². The van der Waals surface area contributed by atoms with Crippen molar-refractivity contribution < 1.29 is 14.6 Å². The molecule has 2 atom stereocenters. The molecule has 2 unspecified atom stereocenters. The standard InChI is InChI=1S/C14H22N2O3/c1-10(4-5-17)16-12(9-15)11-2-3-13-14(8-11)19-7-6-18-13/h2-3,8,10,12,16-17H,4-7,9,15H2,1H3. The number of nitrogens with one attached hydrogen (secondary N) is 1. The highest BCUT2D eigenvalue weighted by Crippen LogP contribution is 2.32. The van der Waals surface area contributed by atoms with Gasteiger partial charge in [0.2, 0.25) is 0 Å². The van der Waals surface area contributed by atoms with Crippen LogP contribution in [0.2, 0.25) is 0 Å². The van der Waals surface area contributed by atoms with Crippen molar-refractivity contribution in [3.63, 3.8) is 0 Å². The molecule has 5 nitrogen and oxygen atoms in total. The number of rotatable bonds is 6. The lowest BCUT2D eigenvalue weighted by Gasteiger charge is -2.24. The van der Waals surface area contributed by atoms with E-state index >= 15 is 0 Å². The largest absolute Gasteiger partial charge is 0.486 e. The van der Waals surface area contributed by atoms with Crippen LogP contribution in [-0.2, 0) is 0 Å². The van der Waals surface area contributed by atoms with E-state index in [0.29, 0.717) is 26.2 Å². The first kappa shape index (κ1) is 14.1. The molecule has 106 valence electrons. The number of benzene rings is 1. The Balaban J connectivity index is 2.09. The van der Waals surface area contributed by atoms with Gasteiger partial charge in [-0.3, -0.25) is 0 Å². The van der Waals surface area contributed by atoms with Crippen molar-refractivity contribution in [2.24, 2.45) is 5.73 Å². The van der Waals surface area contributed by atoms with E-state index in [1.54, 1.807) is 0 Å². The molecule has 1 aromatic carbocycles. The van der Waals surface area contributed by atoms with Gasteiger partial charge >= 0.3 is 0 Å². The smallest absolute Gasteiger partial charge is 0.161 e. The molecule has 4 N–H and O–H groups in total. The molecule has 0 saturated carbocycles. The predicted octanol–water partition coefficient (Wildman–Crippen LogP) is 0.818. The molecule has 1 heterocycles. The maximum atomic E-state index is 8.94. The molecule has 0 saturated heterocycles. The monoisotopic (exact) mass is 266 g/mol. The zero-order valence-corrected chi connectivity index (χ0v) is 11.3. The maximum Gasteiger partial charge on any atom is 0.161 e. The van der Waals surface area contributed by atoms with Crippen LogP contribution in [0.25, 0.3) is 0 Å². The quantitative estimate of drug-likeness (QED) is 0.710. The molecule has 1 aliphatic heterocycles. The Hall–Kier alpha value is -1.30. The molecule has 19 heavy (non-hydrogen) atoms. The van der Waals surface area contributed by atoms with E-state index in [1.807, 2.05) is 25.1 Å². The Morgan fingerprint density at radius 3 is 2.74 bits per heavy atom. The normalized spacial score (nSPS) is 17.0. The predicted molar refractivity (Wildman–Crippen MR) is 73.5 cm³/mol. The molecule has 5 heteroatoms. The number of aliphatic hydroxyl groups excluding tert-OH is 1. The average molecular weight is 266 g/mol. The zero-order valence-electron chi connectivity index (χ0n) is 11.3.